The molecule has 0 aliphatic heterocycles. The van der Waals surface area contributed by atoms with Gasteiger partial charge in [-0.05, 0) is 32.8 Å². The first kappa shape index (κ1) is 14.2. The van der Waals surface area contributed by atoms with Gasteiger partial charge in [0.05, 0.1) is 18.0 Å². The first-order valence-corrected chi connectivity index (χ1v) is 7.73. The monoisotopic (exact) mass is 259 g/mol. The Morgan fingerprint density at radius 1 is 1.41 bits per heavy atom. The summed E-state index contributed by atoms with van der Waals surface area (Å²) < 4.78 is 24.0. The summed E-state index contributed by atoms with van der Waals surface area (Å²) in [5.74, 6) is 0.118. The van der Waals surface area contributed by atoms with Crippen molar-refractivity contribution in [3.8, 4) is 0 Å². The van der Waals surface area contributed by atoms with E-state index >= 15 is 0 Å². The fourth-order valence-corrected chi connectivity index (χ4v) is 2.33. The zero-order valence-electron chi connectivity index (χ0n) is 10.9. The molecule has 1 unspecified atom stereocenters. The lowest BCUT2D eigenvalue weighted by molar-refractivity contribution is 0.580. The van der Waals surface area contributed by atoms with Crippen molar-refractivity contribution in [2.75, 3.05) is 12.0 Å². The van der Waals surface area contributed by atoms with Crippen LogP contribution in [0.25, 0.3) is 0 Å². The first-order valence-electron chi connectivity index (χ1n) is 5.67. The molecule has 0 aliphatic carbocycles. The number of rotatable bonds is 5. The zero-order valence-corrected chi connectivity index (χ0v) is 11.7. The van der Waals surface area contributed by atoms with Crippen molar-refractivity contribution in [2.24, 2.45) is 5.73 Å². The molecule has 0 spiro atoms. The summed E-state index contributed by atoms with van der Waals surface area (Å²) in [5, 5.41) is 4.36. The molecule has 0 bridgehead atoms. The van der Waals surface area contributed by atoms with Crippen molar-refractivity contribution in [3.63, 3.8) is 0 Å². The van der Waals surface area contributed by atoms with Crippen LogP contribution in [0.15, 0.2) is 0 Å². The lowest BCUT2D eigenvalue weighted by atomic mass is 10.1. The van der Waals surface area contributed by atoms with Crippen molar-refractivity contribution in [3.05, 3.63) is 17.0 Å². The Hall–Kier alpha value is -0.880. The molecule has 17 heavy (non-hydrogen) atoms. The van der Waals surface area contributed by atoms with Crippen LogP contribution < -0.4 is 5.73 Å². The summed E-state index contributed by atoms with van der Waals surface area (Å²) in [6.45, 7) is 6.25. The van der Waals surface area contributed by atoms with Crippen LogP contribution in [0.3, 0.4) is 0 Å². The summed E-state index contributed by atoms with van der Waals surface area (Å²) in [5.41, 5.74) is 8.87. The molecule has 0 fully saturated rings. The molecular formula is C11H21N3O2S. The van der Waals surface area contributed by atoms with Crippen LogP contribution in [0.5, 0.6) is 0 Å². The van der Waals surface area contributed by atoms with E-state index in [2.05, 4.69) is 5.10 Å². The molecular weight excluding hydrogens is 238 g/mol. The quantitative estimate of drug-likeness (QED) is 0.832. The molecule has 0 amide bonds. The smallest absolute Gasteiger partial charge is 0.149 e. The highest BCUT2D eigenvalue weighted by Crippen LogP contribution is 2.14. The van der Waals surface area contributed by atoms with Crippen molar-refractivity contribution in [1.82, 2.24) is 9.78 Å². The van der Waals surface area contributed by atoms with Crippen molar-refractivity contribution < 1.29 is 8.42 Å². The summed E-state index contributed by atoms with van der Waals surface area (Å²) in [6, 6.07) is 0.0833. The van der Waals surface area contributed by atoms with Crippen molar-refractivity contribution in [1.29, 1.82) is 0 Å². The standard InChI is InChI=1S/C11H21N3O2S/c1-8(12)7-11-9(2)13-14(10(11)3)5-6-17(4,15)16/h8H,5-7,12H2,1-4H3. The second-order valence-corrected chi connectivity index (χ2v) is 6.94. The van der Waals surface area contributed by atoms with Gasteiger partial charge in [0.25, 0.3) is 0 Å². The second kappa shape index (κ2) is 5.18. The Morgan fingerprint density at radius 2 is 2.00 bits per heavy atom. The minimum Gasteiger partial charge on any atom is -0.328 e. The summed E-state index contributed by atoms with van der Waals surface area (Å²) in [7, 11) is -2.95. The molecule has 0 aromatic carbocycles. The third-order valence-corrected chi connectivity index (χ3v) is 3.66. The predicted molar refractivity (Wildman–Crippen MR) is 68.8 cm³/mol. The van der Waals surface area contributed by atoms with Crippen molar-refractivity contribution in [2.45, 2.75) is 39.8 Å². The Bertz CT molecular complexity index is 489. The lowest BCUT2D eigenvalue weighted by Gasteiger charge is -2.06. The summed E-state index contributed by atoms with van der Waals surface area (Å²) in [4.78, 5) is 0. The zero-order chi connectivity index (χ0) is 13.2. The Kier molecular flexibility index (Phi) is 4.32. The van der Waals surface area contributed by atoms with E-state index in [-0.39, 0.29) is 11.8 Å². The fourth-order valence-electron chi connectivity index (χ4n) is 1.82. The Balaban J connectivity index is 2.89. The van der Waals surface area contributed by atoms with Gasteiger partial charge in [-0.2, -0.15) is 5.10 Å². The molecule has 98 valence electrons. The lowest BCUT2D eigenvalue weighted by Crippen LogP contribution is -2.19. The van der Waals surface area contributed by atoms with Crippen LogP contribution in [-0.4, -0.2) is 36.2 Å². The molecule has 1 atom stereocenters. The molecule has 1 aromatic rings. The SMILES string of the molecule is Cc1nn(CCS(C)(=O)=O)c(C)c1CC(C)N. The number of hydrogen-bond donors (Lipinski definition) is 1. The van der Waals surface area contributed by atoms with Gasteiger partial charge in [0.2, 0.25) is 0 Å². The van der Waals surface area contributed by atoms with E-state index in [0.29, 0.717) is 6.54 Å². The number of hydrogen-bond acceptors (Lipinski definition) is 4. The van der Waals surface area contributed by atoms with Crippen LogP contribution in [0.2, 0.25) is 0 Å². The van der Waals surface area contributed by atoms with E-state index in [1.165, 1.54) is 6.26 Å². The van der Waals surface area contributed by atoms with E-state index in [1.807, 2.05) is 20.8 Å². The predicted octanol–water partition coefficient (Wildman–Crippen LogP) is 0.434. The van der Waals surface area contributed by atoms with Gasteiger partial charge in [0, 0.05) is 18.0 Å². The molecule has 2 N–H and O–H groups in total. The van der Waals surface area contributed by atoms with Gasteiger partial charge >= 0.3 is 0 Å². The van der Waals surface area contributed by atoms with Gasteiger partial charge in [-0.3, -0.25) is 4.68 Å². The largest absolute Gasteiger partial charge is 0.328 e. The first-order chi connectivity index (χ1) is 7.70. The molecule has 0 saturated heterocycles. The van der Waals surface area contributed by atoms with Crippen LogP contribution in [-0.2, 0) is 22.8 Å². The van der Waals surface area contributed by atoms with E-state index in [4.69, 9.17) is 5.73 Å². The average molecular weight is 259 g/mol. The molecule has 1 heterocycles. The minimum atomic E-state index is -2.95. The number of nitrogens with zero attached hydrogens (tertiary/aromatic N) is 2. The van der Waals surface area contributed by atoms with Gasteiger partial charge in [0.1, 0.15) is 9.84 Å². The summed E-state index contributed by atoms with van der Waals surface area (Å²) in [6.07, 6.45) is 2.01. The molecule has 1 rings (SSSR count). The highest BCUT2D eigenvalue weighted by atomic mass is 32.2. The molecule has 6 heteroatoms. The Labute approximate surface area is 103 Å². The van der Waals surface area contributed by atoms with E-state index < -0.39 is 9.84 Å². The third kappa shape index (κ3) is 4.12. The molecule has 0 saturated carbocycles. The van der Waals surface area contributed by atoms with Gasteiger partial charge in [-0.15, -0.1) is 0 Å². The van der Waals surface area contributed by atoms with E-state index in [1.54, 1.807) is 4.68 Å². The average Bonchev–Trinajstić information content (AvgIpc) is 2.41. The number of aryl methyl sites for hydroxylation is 2. The fraction of sp³-hybridized carbons (Fsp3) is 0.727. The minimum absolute atomic E-state index is 0.0833. The van der Waals surface area contributed by atoms with Crippen LogP contribution in [0, 0.1) is 13.8 Å². The topological polar surface area (TPSA) is 78.0 Å². The Morgan fingerprint density at radius 3 is 2.47 bits per heavy atom. The number of sulfone groups is 1. The van der Waals surface area contributed by atoms with Crippen molar-refractivity contribution >= 4 is 9.84 Å². The van der Waals surface area contributed by atoms with Crippen LogP contribution in [0.1, 0.15) is 23.9 Å². The molecule has 0 aliphatic rings. The third-order valence-electron chi connectivity index (χ3n) is 2.73. The van der Waals surface area contributed by atoms with E-state index in [0.717, 1.165) is 23.4 Å². The normalized spacial score (nSPS) is 13.9. The number of aromatic nitrogens is 2. The molecule has 1 aromatic heterocycles. The highest BCUT2D eigenvalue weighted by molar-refractivity contribution is 7.90. The van der Waals surface area contributed by atoms with Crippen LogP contribution in [0.4, 0.5) is 0 Å². The highest BCUT2D eigenvalue weighted by Gasteiger charge is 2.13. The van der Waals surface area contributed by atoms with Gasteiger partial charge in [-0.1, -0.05) is 0 Å². The summed E-state index contributed by atoms with van der Waals surface area (Å²) >= 11 is 0. The maximum atomic E-state index is 11.1. The maximum absolute atomic E-state index is 11.1. The maximum Gasteiger partial charge on any atom is 0.149 e. The second-order valence-electron chi connectivity index (χ2n) is 4.68. The van der Waals surface area contributed by atoms with Gasteiger partial charge in [0.15, 0.2) is 0 Å². The van der Waals surface area contributed by atoms with Crippen LogP contribution >= 0.6 is 0 Å². The number of nitrogens with two attached hydrogens (primary N) is 1. The van der Waals surface area contributed by atoms with Gasteiger partial charge < -0.3 is 5.73 Å². The van der Waals surface area contributed by atoms with Gasteiger partial charge in [-0.25, -0.2) is 8.42 Å². The van der Waals surface area contributed by atoms with E-state index in [9.17, 15) is 8.42 Å². The molecule has 5 nitrogen and oxygen atoms in total. The molecule has 0 radical (unpaired) electrons.